The lowest BCUT2D eigenvalue weighted by Crippen LogP contribution is -2.28. The maximum Gasteiger partial charge on any atom is 0.311 e. The van der Waals surface area contributed by atoms with E-state index in [1.807, 2.05) is 0 Å². The third kappa shape index (κ3) is 4.88. The number of nitrogens with one attached hydrogen (secondary N) is 1. The highest BCUT2D eigenvalue weighted by Gasteiger charge is 2.36. The van der Waals surface area contributed by atoms with Crippen LogP contribution in [-0.2, 0) is 19.1 Å². The summed E-state index contributed by atoms with van der Waals surface area (Å²) in [5.41, 5.74) is 0.897. The molecule has 1 N–H and O–H groups in total. The molecule has 2 aromatic rings. The second-order valence-electron chi connectivity index (χ2n) is 6.16. The number of hydrogen-bond donors (Lipinski definition) is 1. The monoisotopic (exact) mass is 468 g/mol. The van der Waals surface area contributed by atoms with Gasteiger partial charge in [-0.05, 0) is 42.5 Å². The molecule has 2 amide bonds. The van der Waals surface area contributed by atoms with Gasteiger partial charge in [0.1, 0.15) is 5.82 Å². The number of amides is 2. The fourth-order valence-electron chi connectivity index (χ4n) is 2.77. The summed E-state index contributed by atoms with van der Waals surface area (Å²) in [4.78, 5) is 37.7. The number of ether oxygens (including phenoxy) is 1. The van der Waals surface area contributed by atoms with Gasteiger partial charge in [0, 0.05) is 23.1 Å². The van der Waals surface area contributed by atoms with Crippen molar-refractivity contribution >= 4 is 56.7 Å². The molecule has 1 heterocycles. The number of rotatable bonds is 5. The first-order chi connectivity index (χ1) is 13.3. The zero-order chi connectivity index (χ0) is 20.3. The Balaban J connectivity index is 1.53. The van der Waals surface area contributed by atoms with Gasteiger partial charge in [0.15, 0.2) is 6.61 Å². The predicted molar refractivity (Wildman–Crippen MR) is 106 cm³/mol. The molecule has 0 radical (unpaired) electrons. The van der Waals surface area contributed by atoms with Gasteiger partial charge in [0.25, 0.3) is 5.91 Å². The fraction of sp³-hybridized carbons (Fsp3) is 0.211. The van der Waals surface area contributed by atoms with Crippen molar-refractivity contribution in [1.29, 1.82) is 0 Å². The van der Waals surface area contributed by atoms with E-state index in [0.717, 1.165) is 4.47 Å². The molecule has 0 saturated carbocycles. The highest BCUT2D eigenvalue weighted by atomic mass is 79.9. The molecule has 1 atom stereocenters. The Hall–Kier alpha value is -2.45. The van der Waals surface area contributed by atoms with Gasteiger partial charge < -0.3 is 15.0 Å². The number of hydrogen-bond acceptors (Lipinski definition) is 4. The molecular formula is C19H15BrClFN2O4. The Kier molecular flexibility index (Phi) is 6.31. The molecule has 2 aromatic carbocycles. The lowest BCUT2D eigenvalue weighted by Gasteiger charge is -2.16. The van der Waals surface area contributed by atoms with Crippen molar-refractivity contribution in [3.05, 3.63) is 57.8 Å². The average molecular weight is 470 g/mol. The van der Waals surface area contributed by atoms with E-state index in [0.29, 0.717) is 16.4 Å². The summed E-state index contributed by atoms with van der Waals surface area (Å²) in [7, 11) is 0. The van der Waals surface area contributed by atoms with Crippen LogP contribution in [0, 0.1) is 11.7 Å². The third-order valence-corrected chi connectivity index (χ3v) is 4.95. The van der Waals surface area contributed by atoms with Crippen LogP contribution in [0.3, 0.4) is 0 Å². The minimum absolute atomic E-state index is 0.0314. The van der Waals surface area contributed by atoms with Gasteiger partial charge in [-0.3, -0.25) is 14.4 Å². The summed E-state index contributed by atoms with van der Waals surface area (Å²) in [5, 5.41) is 2.89. The molecule has 1 aliphatic rings. The zero-order valence-corrected chi connectivity index (χ0v) is 16.8. The maximum absolute atomic E-state index is 13.0. The van der Waals surface area contributed by atoms with Gasteiger partial charge >= 0.3 is 5.97 Å². The lowest BCUT2D eigenvalue weighted by molar-refractivity contribution is -0.151. The van der Waals surface area contributed by atoms with Crippen molar-refractivity contribution in [2.24, 2.45) is 5.92 Å². The molecule has 0 aliphatic carbocycles. The highest BCUT2D eigenvalue weighted by molar-refractivity contribution is 9.10. The number of carbonyl (C=O) groups excluding carboxylic acids is 3. The minimum atomic E-state index is -0.693. The number of halogens is 3. The summed E-state index contributed by atoms with van der Waals surface area (Å²) in [6.07, 6.45) is -0.0314. The Morgan fingerprint density at radius 2 is 1.96 bits per heavy atom. The van der Waals surface area contributed by atoms with Crippen LogP contribution >= 0.6 is 27.5 Å². The number of benzene rings is 2. The van der Waals surface area contributed by atoms with E-state index < -0.39 is 30.2 Å². The van der Waals surface area contributed by atoms with Gasteiger partial charge in [0.2, 0.25) is 5.91 Å². The van der Waals surface area contributed by atoms with E-state index in [1.54, 1.807) is 18.2 Å². The topological polar surface area (TPSA) is 75.7 Å². The van der Waals surface area contributed by atoms with Crippen molar-refractivity contribution in [1.82, 2.24) is 0 Å². The van der Waals surface area contributed by atoms with Crippen LogP contribution in [0.25, 0.3) is 0 Å². The number of esters is 1. The number of carbonyl (C=O) groups is 3. The van der Waals surface area contributed by atoms with Gasteiger partial charge in [-0.1, -0.05) is 27.5 Å². The summed E-state index contributed by atoms with van der Waals surface area (Å²) in [6.45, 7) is -0.379. The third-order valence-electron chi connectivity index (χ3n) is 4.15. The molecule has 1 saturated heterocycles. The number of nitrogens with zero attached hydrogens (tertiary/aromatic N) is 1. The van der Waals surface area contributed by atoms with Crippen LogP contribution in [0.5, 0.6) is 0 Å². The normalized spacial score (nSPS) is 16.2. The molecule has 1 fully saturated rings. The molecule has 0 spiro atoms. The smallest absolute Gasteiger partial charge is 0.311 e. The molecule has 3 rings (SSSR count). The van der Waals surface area contributed by atoms with Gasteiger partial charge in [0.05, 0.1) is 16.6 Å². The second-order valence-corrected chi connectivity index (χ2v) is 7.48. The van der Waals surface area contributed by atoms with Crippen molar-refractivity contribution in [2.75, 3.05) is 23.4 Å². The fourth-order valence-corrected chi connectivity index (χ4v) is 3.49. The van der Waals surface area contributed by atoms with E-state index in [-0.39, 0.29) is 18.9 Å². The summed E-state index contributed by atoms with van der Waals surface area (Å²) >= 11 is 9.28. The Labute approximate surface area is 173 Å². The summed E-state index contributed by atoms with van der Waals surface area (Å²) < 4.78 is 18.8. The van der Waals surface area contributed by atoms with E-state index >= 15 is 0 Å². The molecule has 1 aliphatic heterocycles. The lowest BCUT2D eigenvalue weighted by atomic mass is 10.1. The van der Waals surface area contributed by atoms with Crippen LogP contribution in [0.2, 0.25) is 5.02 Å². The van der Waals surface area contributed by atoms with E-state index in [1.165, 1.54) is 29.2 Å². The molecule has 9 heteroatoms. The van der Waals surface area contributed by atoms with Crippen molar-refractivity contribution in [2.45, 2.75) is 6.42 Å². The largest absolute Gasteiger partial charge is 0.455 e. The minimum Gasteiger partial charge on any atom is -0.455 e. The molecule has 0 unspecified atom stereocenters. The summed E-state index contributed by atoms with van der Waals surface area (Å²) in [5.74, 6) is -2.56. The average Bonchev–Trinajstić information content (AvgIpc) is 3.04. The van der Waals surface area contributed by atoms with Crippen LogP contribution < -0.4 is 10.2 Å². The zero-order valence-electron chi connectivity index (χ0n) is 14.5. The second kappa shape index (κ2) is 8.70. The number of anilines is 2. The molecular weight excluding hydrogens is 455 g/mol. The van der Waals surface area contributed by atoms with Crippen LogP contribution in [0.15, 0.2) is 46.9 Å². The van der Waals surface area contributed by atoms with Crippen molar-refractivity contribution < 1.29 is 23.5 Å². The van der Waals surface area contributed by atoms with Gasteiger partial charge in [-0.15, -0.1) is 0 Å². The van der Waals surface area contributed by atoms with Crippen LogP contribution in [0.1, 0.15) is 6.42 Å². The van der Waals surface area contributed by atoms with E-state index in [9.17, 15) is 18.8 Å². The van der Waals surface area contributed by atoms with Gasteiger partial charge in [-0.25, -0.2) is 4.39 Å². The molecule has 146 valence electrons. The predicted octanol–water partition coefficient (Wildman–Crippen LogP) is 3.78. The summed E-state index contributed by atoms with van der Waals surface area (Å²) in [6, 6.07) is 10.4. The van der Waals surface area contributed by atoms with Crippen molar-refractivity contribution in [3.63, 3.8) is 0 Å². The van der Waals surface area contributed by atoms with Crippen molar-refractivity contribution in [3.8, 4) is 0 Å². The first kappa shape index (κ1) is 20.3. The standard InChI is InChI=1S/C19H15BrClFN2O4/c20-12-1-6-16(15(21)8-12)23-17(25)10-28-19(27)11-7-18(26)24(9-11)14-4-2-13(22)3-5-14/h1-6,8,11H,7,9-10H2,(H,23,25)/t11-/m1/s1. The Morgan fingerprint density at radius 3 is 2.64 bits per heavy atom. The molecule has 6 nitrogen and oxygen atoms in total. The highest BCUT2D eigenvalue weighted by Crippen LogP contribution is 2.27. The molecule has 0 aromatic heterocycles. The van der Waals surface area contributed by atoms with Crippen LogP contribution in [-0.4, -0.2) is 30.9 Å². The first-order valence-corrected chi connectivity index (χ1v) is 9.48. The van der Waals surface area contributed by atoms with E-state index in [2.05, 4.69) is 21.2 Å². The first-order valence-electron chi connectivity index (χ1n) is 8.31. The quantitative estimate of drug-likeness (QED) is 0.676. The SMILES string of the molecule is O=C(COC(=O)[C@@H]1CC(=O)N(c2ccc(F)cc2)C1)Nc1ccc(Br)cc1Cl. The molecule has 0 bridgehead atoms. The maximum atomic E-state index is 13.0. The van der Waals surface area contributed by atoms with E-state index in [4.69, 9.17) is 16.3 Å². The van der Waals surface area contributed by atoms with Crippen LogP contribution in [0.4, 0.5) is 15.8 Å². The van der Waals surface area contributed by atoms with Gasteiger partial charge in [-0.2, -0.15) is 0 Å². The Bertz CT molecular complexity index is 923. The molecule has 28 heavy (non-hydrogen) atoms. The Morgan fingerprint density at radius 1 is 1.25 bits per heavy atom.